The Bertz CT molecular complexity index is 4370. The highest BCUT2D eigenvalue weighted by molar-refractivity contribution is 6.92. The second-order valence-corrected chi connectivity index (χ2v) is 31.9. The van der Waals surface area contributed by atoms with Crippen LogP contribution in [-0.4, -0.2) is 63.0 Å². The lowest BCUT2D eigenvalue weighted by Crippen LogP contribution is -2.42. The summed E-state index contributed by atoms with van der Waals surface area (Å²) < 4.78 is 0. The predicted octanol–water partition coefficient (Wildman–Crippen LogP) is 25.4. The van der Waals surface area contributed by atoms with Gasteiger partial charge in [-0.3, -0.25) is 21.6 Å². The van der Waals surface area contributed by atoms with Gasteiger partial charge in [-0.05, 0) is 89.0 Å². The van der Waals surface area contributed by atoms with Gasteiger partial charge in [-0.15, -0.1) is 0 Å². The highest BCUT2D eigenvalue weighted by Gasteiger charge is 2.25. The fourth-order valence-electron chi connectivity index (χ4n) is 15.3. The number of rotatable bonds is 32. The molecule has 12 nitrogen and oxygen atoms in total. The zero-order valence-electron chi connectivity index (χ0n) is 73.8. The molecule has 13 heteroatoms. The molecule has 0 amide bonds. The summed E-state index contributed by atoms with van der Waals surface area (Å²) in [5, 5.41) is 37.0. The van der Waals surface area contributed by atoms with Crippen molar-refractivity contribution in [2.24, 2.45) is 0 Å². The van der Waals surface area contributed by atoms with Crippen LogP contribution in [0.3, 0.4) is 0 Å². The van der Waals surface area contributed by atoms with E-state index in [-0.39, 0.29) is 9.90 Å². The molecule has 648 valence electrons. The zero-order chi connectivity index (χ0) is 88.0. The molecule has 0 aliphatic carbocycles. The summed E-state index contributed by atoms with van der Waals surface area (Å²) in [5.41, 5.74) is 19.2. The fourth-order valence-corrected chi connectivity index (χ4v) is 15.3. The molecule has 0 saturated carbocycles. The van der Waals surface area contributed by atoms with Crippen LogP contribution in [0.1, 0.15) is 89.0 Å². The fraction of sp³-hybridized carbons (Fsp3) is 0.138. The standard InChI is InChI=1S/4C29H29N3.H3P/c4*30-29(31(21-25-13-5-1-6-14-25)22-26-15-7-2-8-16-26)32(23-27-17-9-3-10-18-27)24-28-19-11-4-12-20-28;/h4*1-20,30H,21-24H2;1H3. The van der Waals surface area contributed by atoms with Crippen molar-refractivity contribution in [3.8, 4) is 0 Å². The average molecular weight is 1710 g/mol. The first-order valence-electron chi connectivity index (χ1n) is 44.1. The minimum Gasteiger partial charge on any atom is -0.334 e. The Kier molecular flexibility index (Phi) is 37.6. The molecule has 0 saturated heterocycles. The van der Waals surface area contributed by atoms with Gasteiger partial charge in [0, 0.05) is 105 Å². The van der Waals surface area contributed by atoms with Crippen molar-refractivity contribution in [1.29, 1.82) is 21.6 Å². The van der Waals surface area contributed by atoms with Gasteiger partial charge in [-0.1, -0.05) is 485 Å². The van der Waals surface area contributed by atoms with Crippen LogP contribution in [0.4, 0.5) is 0 Å². The number of nitrogens with one attached hydrogen (secondary N) is 4. The van der Waals surface area contributed by atoms with E-state index in [4.69, 9.17) is 0 Å². The van der Waals surface area contributed by atoms with Crippen LogP contribution in [0.5, 0.6) is 0 Å². The molecule has 0 aliphatic rings. The molecule has 16 aromatic rings. The molecule has 129 heavy (non-hydrogen) atoms. The molecule has 0 heterocycles. The minimum atomic E-state index is 0. The molecule has 1 unspecified atom stereocenters. The number of nitrogens with zero attached hydrogens (tertiary/aromatic N) is 8. The molecular weight excluding hydrogens is 1590 g/mol. The number of guanidine groups is 4. The Labute approximate surface area is 768 Å². The monoisotopic (exact) mass is 1710 g/mol. The second kappa shape index (κ2) is 52.1. The zero-order valence-corrected chi connectivity index (χ0v) is 75.2. The first-order valence-corrected chi connectivity index (χ1v) is 44.1. The maximum absolute atomic E-state index is 9.25. The van der Waals surface area contributed by atoms with Crippen LogP contribution in [0.15, 0.2) is 485 Å². The van der Waals surface area contributed by atoms with Crippen LogP contribution in [-0.2, 0) is 105 Å². The predicted molar refractivity (Wildman–Crippen MR) is 539 cm³/mol. The highest BCUT2D eigenvalue weighted by Crippen LogP contribution is 2.24. The van der Waals surface area contributed by atoms with Crippen molar-refractivity contribution in [3.05, 3.63) is 574 Å². The summed E-state index contributed by atoms with van der Waals surface area (Å²) >= 11 is 0. The van der Waals surface area contributed by atoms with Gasteiger partial charge >= 0.3 is 0 Å². The van der Waals surface area contributed by atoms with Crippen LogP contribution in [0, 0.1) is 21.6 Å². The third-order valence-electron chi connectivity index (χ3n) is 21.9. The van der Waals surface area contributed by atoms with E-state index in [0.29, 0.717) is 129 Å². The molecule has 0 aromatic heterocycles. The quantitative estimate of drug-likeness (QED) is 0.0187. The SMILES string of the molecule is N=C(N(Cc1ccccc1)Cc1ccccc1)N(Cc1ccccc1)Cc1ccccc1.N=C(N(Cc1ccccc1)Cc1ccccc1)N(Cc1ccccc1)Cc1ccccc1.N=C(N(Cc1ccccc1)Cc1ccccc1)N(Cc1ccccc1)Cc1ccccc1.N=C(N(Cc1ccccc1)Cc1ccccc1)N(Cc1ccccc1)Cc1ccccc1.P. The normalized spacial score (nSPS) is 10.4. The van der Waals surface area contributed by atoms with E-state index >= 15 is 0 Å². The molecule has 0 aliphatic heterocycles. The van der Waals surface area contributed by atoms with Gasteiger partial charge in [0.05, 0.1) is 0 Å². The molecule has 0 fully saturated rings. The Morgan fingerprint density at radius 2 is 0.163 bits per heavy atom. The first-order chi connectivity index (χ1) is 63.1. The third-order valence-corrected chi connectivity index (χ3v) is 21.9. The van der Waals surface area contributed by atoms with Gasteiger partial charge < -0.3 is 39.2 Å². The van der Waals surface area contributed by atoms with Gasteiger partial charge in [-0.2, -0.15) is 9.90 Å². The van der Waals surface area contributed by atoms with Gasteiger partial charge in [0.15, 0.2) is 23.8 Å². The lowest BCUT2D eigenvalue weighted by Gasteiger charge is -2.34. The van der Waals surface area contributed by atoms with Gasteiger partial charge in [0.25, 0.3) is 0 Å². The molecule has 1 atom stereocenters. The summed E-state index contributed by atoms with van der Waals surface area (Å²) in [5.74, 6) is 2.13. The lowest BCUT2D eigenvalue weighted by molar-refractivity contribution is 0.292. The average Bonchev–Trinajstić information content (AvgIpc) is 0.850. The lowest BCUT2D eigenvalue weighted by atomic mass is 10.1. The summed E-state index contributed by atoms with van der Waals surface area (Å²) in [6, 6.07) is 167. The summed E-state index contributed by atoms with van der Waals surface area (Å²) in [4.78, 5) is 17.3. The van der Waals surface area contributed by atoms with Gasteiger partial charge in [-0.25, -0.2) is 0 Å². The Morgan fingerprint density at radius 1 is 0.109 bits per heavy atom. The van der Waals surface area contributed by atoms with Crippen LogP contribution >= 0.6 is 9.90 Å². The van der Waals surface area contributed by atoms with Crippen molar-refractivity contribution in [3.63, 3.8) is 0 Å². The van der Waals surface area contributed by atoms with Gasteiger partial charge in [0.1, 0.15) is 0 Å². The van der Waals surface area contributed by atoms with Crippen molar-refractivity contribution in [2.45, 2.75) is 105 Å². The Morgan fingerprint density at radius 3 is 0.217 bits per heavy atom. The highest BCUT2D eigenvalue weighted by atomic mass is 31.0. The van der Waals surface area contributed by atoms with Crippen LogP contribution in [0.2, 0.25) is 0 Å². The van der Waals surface area contributed by atoms with E-state index in [2.05, 4.69) is 427 Å². The second-order valence-electron chi connectivity index (χ2n) is 31.9. The van der Waals surface area contributed by atoms with Crippen LogP contribution in [0.25, 0.3) is 0 Å². The van der Waals surface area contributed by atoms with Crippen molar-refractivity contribution >= 4 is 33.7 Å². The number of benzene rings is 16. The summed E-state index contributed by atoms with van der Waals surface area (Å²) in [6.45, 7) is 11.0. The van der Waals surface area contributed by atoms with Crippen LogP contribution < -0.4 is 0 Å². The van der Waals surface area contributed by atoms with E-state index in [1.807, 2.05) is 97.1 Å². The first kappa shape index (κ1) is 93.2. The van der Waals surface area contributed by atoms with E-state index < -0.39 is 0 Å². The Hall–Kier alpha value is -15.0. The molecule has 0 bridgehead atoms. The molecular formula is C116H119N12P. The number of hydrogen-bond donors (Lipinski definition) is 4. The molecule has 16 aromatic carbocycles. The van der Waals surface area contributed by atoms with E-state index in [0.717, 1.165) is 0 Å². The molecule has 0 spiro atoms. The maximum Gasteiger partial charge on any atom is 0.194 e. The van der Waals surface area contributed by atoms with Gasteiger partial charge in [0.2, 0.25) is 0 Å². The van der Waals surface area contributed by atoms with E-state index in [1.54, 1.807) is 0 Å². The molecule has 0 radical (unpaired) electrons. The molecule has 16 rings (SSSR count). The topological polar surface area (TPSA) is 121 Å². The van der Waals surface area contributed by atoms with Crippen molar-refractivity contribution in [2.75, 3.05) is 0 Å². The largest absolute Gasteiger partial charge is 0.334 e. The van der Waals surface area contributed by atoms with E-state index in [9.17, 15) is 21.6 Å². The molecule has 4 N–H and O–H groups in total. The Balaban J connectivity index is 0.000000155. The smallest absolute Gasteiger partial charge is 0.194 e. The van der Waals surface area contributed by atoms with Crippen molar-refractivity contribution < 1.29 is 0 Å². The third kappa shape index (κ3) is 31.9. The van der Waals surface area contributed by atoms with Crippen molar-refractivity contribution in [1.82, 2.24) is 39.2 Å². The number of hydrogen-bond acceptors (Lipinski definition) is 4. The maximum atomic E-state index is 9.25. The summed E-state index contributed by atoms with van der Waals surface area (Å²) in [6.07, 6.45) is 0. The summed E-state index contributed by atoms with van der Waals surface area (Å²) in [7, 11) is 0. The van der Waals surface area contributed by atoms with E-state index in [1.165, 1.54) is 89.0 Å². The minimum absolute atomic E-state index is 0.